The Labute approximate surface area is 140 Å². The molecule has 1 heteroatoms. The van der Waals surface area contributed by atoms with Crippen molar-refractivity contribution in [1.82, 2.24) is 0 Å². The number of hydrogen-bond donors (Lipinski definition) is 0. The number of unbranched alkanes of at least 4 members (excludes halogenated alkanes) is 3. The van der Waals surface area contributed by atoms with Gasteiger partial charge in [0.1, 0.15) is 0 Å². The van der Waals surface area contributed by atoms with Gasteiger partial charge in [0.15, 0.2) is 0 Å². The van der Waals surface area contributed by atoms with E-state index in [2.05, 4.69) is 55.6 Å². The quantitative estimate of drug-likeness (QED) is 0.348. The van der Waals surface area contributed by atoms with Crippen molar-refractivity contribution < 1.29 is 4.74 Å². The molecule has 122 valence electrons. The SMILES string of the molecule is C=C(CCCCCCC(=C)c1ccc2ccccc2c1)OCC. The molecular weight excluding hydrogens is 280 g/mol. The van der Waals surface area contributed by atoms with E-state index in [9.17, 15) is 0 Å². The highest BCUT2D eigenvalue weighted by molar-refractivity contribution is 5.86. The standard InChI is InChI=1S/C22H28O/c1-4-23-19(3)12-8-6-5-7-11-18(2)21-16-15-20-13-9-10-14-22(20)17-21/h9-10,13-17H,2-8,11-12H2,1H3. The zero-order chi connectivity index (χ0) is 16.5. The molecule has 0 N–H and O–H groups in total. The van der Waals surface area contributed by atoms with Gasteiger partial charge in [0.2, 0.25) is 0 Å². The number of benzene rings is 2. The van der Waals surface area contributed by atoms with Crippen LogP contribution in [0.15, 0.2) is 61.4 Å². The Hall–Kier alpha value is -2.02. The van der Waals surface area contributed by atoms with Gasteiger partial charge in [-0.3, -0.25) is 0 Å². The number of allylic oxidation sites excluding steroid dienone is 2. The van der Waals surface area contributed by atoms with Crippen LogP contribution < -0.4 is 0 Å². The molecule has 1 nitrogen and oxygen atoms in total. The van der Waals surface area contributed by atoms with Gasteiger partial charge in [-0.2, -0.15) is 0 Å². The van der Waals surface area contributed by atoms with Crippen LogP contribution >= 0.6 is 0 Å². The molecule has 2 aromatic rings. The number of rotatable bonds is 10. The van der Waals surface area contributed by atoms with E-state index in [1.165, 1.54) is 47.6 Å². The van der Waals surface area contributed by atoms with Crippen molar-refractivity contribution in [1.29, 1.82) is 0 Å². The fourth-order valence-corrected chi connectivity index (χ4v) is 2.84. The lowest BCUT2D eigenvalue weighted by Gasteiger charge is -2.08. The van der Waals surface area contributed by atoms with Gasteiger partial charge in [-0.15, -0.1) is 0 Å². The summed E-state index contributed by atoms with van der Waals surface area (Å²) in [4.78, 5) is 0. The Kier molecular flexibility index (Phi) is 6.93. The summed E-state index contributed by atoms with van der Waals surface area (Å²) in [5, 5.41) is 2.58. The molecule has 0 radical (unpaired) electrons. The molecule has 0 spiro atoms. The van der Waals surface area contributed by atoms with Crippen molar-refractivity contribution in [3.63, 3.8) is 0 Å². The molecule has 0 fully saturated rings. The van der Waals surface area contributed by atoms with E-state index in [0.29, 0.717) is 0 Å². The summed E-state index contributed by atoms with van der Waals surface area (Å²) in [5.41, 5.74) is 2.52. The van der Waals surface area contributed by atoms with Gasteiger partial charge in [-0.05, 0) is 54.2 Å². The van der Waals surface area contributed by atoms with Crippen LogP contribution in [-0.4, -0.2) is 6.61 Å². The van der Waals surface area contributed by atoms with E-state index < -0.39 is 0 Å². The molecule has 0 aromatic heterocycles. The van der Waals surface area contributed by atoms with Crippen molar-refractivity contribution >= 4 is 16.3 Å². The Morgan fingerprint density at radius 1 is 0.870 bits per heavy atom. The highest BCUT2D eigenvalue weighted by Gasteiger charge is 2.01. The first-order valence-electron chi connectivity index (χ1n) is 8.68. The van der Waals surface area contributed by atoms with Crippen LogP contribution in [0.5, 0.6) is 0 Å². The zero-order valence-electron chi connectivity index (χ0n) is 14.3. The van der Waals surface area contributed by atoms with Crippen LogP contribution in [0.4, 0.5) is 0 Å². The molecule has 0 amide bonds. The second-order valence-corrected chi connectivity index (χ2v) is 6.05. The monoisotopic (exact) mass is 308 g/mol. The lowest BCUT2D eigenvalue weighted by molar-refractivity contribution is 0.218. The molecule has 0 aliphatic rings. The second kappa shape index (κ2) is 9.19. The average molecular weight is 308 g/mol. The molecule has 0 aliphatic carbocycles. The van der Waals surface area contributed by atoms with Crippen molar-refractivity contribution in [3.05, 3.63) is 66.9 Å². The van der Waals surface area contributed by atoms with Crippen LogP contribution in [-0.2, 0) is 4.74 Å². The molecular formula is C22H28O. The second-order valence-electron chi connectivity index (χ2n) is 6.05. The van der Waals surface area contributed by atoms with E-state index in [1.54, 1.807) is 0 Å². The molecule has 0 saturated heterocycles. The number of fused-ring (bicyclic) bond motifs is 1. The molecule has 23 heavy (non-hydrogen) atoms. The minimum absolute atomic E-state index is 0.727. The maximum Gasteiger partial charge on any atom is 0.0888 e. The highest BCUT2D eigenvalue weighted by Crippen LogP contribution is 2.24. The van der Waals surface area contributed by atoms with Gasteiger partial charge in [0.05, 0.1) is 12.4 Å². The zero-order valence-corrected chi connectivity index (χ0v) is 14.3. The summed E-state index contributed by atoms with van der Waals surface area (Å²) in [6, 6.07) is 15.1. The topological polar surface area (TPSA) is 9.23 Å². The van der Waals surface area contributed by atoms with Gasteiger partial charge in [-0.1, -0.05) is 62.4 Å². The molecule has 0 heterocycles. The summed E-state index contributed by atoms with van der Waals surface area (Å²) in [5.74, 6) is 0.924. The van der Waals surface area contributed by atoms with Crippen molar-refractivity contribution in [2.24, 2.45) is 0 Å². The summed E-state index contributed by atoms with van der Waals surface area (Å²) >= 11 is 0. The third kappa shape index (κ3) is 5.59. The predicted molar refractivity (Wildman–Crippen MR) is 101 cm³/mol. The Balaban J connectivity index is 1.71. The highest BCUT2D eigenvalue weighted by atomic mass is 16.5. The predicted octanol–water partition coefficient (Wildman–Crippen LogP) is 6.74. The summed E-state index contributed by atoms with van der Waals surface area (Å²) in [6.45, 7) is 10.9. The third-order valence-corrected chi connectivity index (χ3v) is 4.19. The van der Waals surface area contributed by atoms with Gasteiger partial charge in [0, 0.05) is 6.42 Å². The minimum Gasteiger partial charge on any atom is -0.499 e. The summed E-state index contributed by atoms with van der Waals surface area (Å²) in [6.07, 6.45) is 6.90. The first-order valence-corrected chi connectivity index (χ1v) is 8.68. The van der Waals surface area contributed by atoms with Gasteiger partial charge >= 0.3 is 0 Å². The fraction of sp³-hybridized carbons (Fsp3) is 0.364. The Bertz CT molecular complexity index is 654. The molecule has 0 atom stereocenters. The lowest BCUT2D eigenvalue weighted by atomic mass is 9.98. The molecule has 2 aromatic carbocycles. The maximum atomic E-state index is 5.37. The Morgan fingerprint density at radius 3 is 2.30 bits per heavy atom. The summed E-state index contributed by atoms with van der Waals surface area (Å²) < 4.78 is 5.37. The van der Waals surface area contributed by atoms with E-state index in [-0.39, 0.29) is 0 Å². The van der Waals surface area contributed by atoms with Crippen LogP contribution in [0.25, 0.3) is 16.3 Å². The van der Waals surface area contributed by atoms with Crippen LogP contribution in [0.2, 0.25) is 0 Å². The molecule has 0 aliphatic heterocycles. The van der Waals surface area contributed by atoms with Gasteiger partial charge < -0.3 is 4.74 Å². The van der Waals surface area contributed by atoms with E-state index in [4.69, 9.17) is 4.74 Å². The van der Waals surface area contributed by atoms with Crippen LogP contribution in [0.3, 0.4) is 0 Å². The molecule has 0 saturated carbocycles. The fourth-order valence-electron chi connectivity index (χ4n) is 2.84. The summed E-state index contributed by atoms with van der Waals surface area (Å²) in [7, 11) is 0. The molecule has 0 unspecified atom stereocenters. The van der Waals surface area contributed by atoms with E-state index in [1.807, 2.05) is 6.92 Å². The van der Waals surface area contributed by atoms with Crippen LogP contribution in [0, 0.1) is 0 Å². The van der Waals surface area contributed by atoms with E-state index >= 15 is 0 Å². The van der Waals surface area contributed by atoms with Gasteiger partial charge in [-0.25, -0.2) is 0 Å². The number of ether oxygens (including phenoxy) is 1. The largest absolute Gasteiger partial charge is 0.499 e. The van der Waals surface area contributed by atoms with Crippen molar-refractivity contribution in [2.45, 2.75) is 45.4 Å². The van der Waals surface area contributed by atoms with Crippen LogP contribution in [0.1, 0.15) is 51.0 Å². The smallest absolute Gasteiger partial charge is 0.0888 e. The van der Waals surface area contributed by atoms with Crippen molar-refractivity contribution in [2.75, 3.05) is 6.61 Å². The van der Waals surface area contributed by atoms with Crippen molar-refractivity contribution in [3.8, 4) is 0 Å². The van der Waals surface area contributed by atoms with Gasteiger partial charge in [0.25, 0.3) is 0 Å². The van der Waals surface area contributed by atoms with E-state index in [0.717, 1.165) is 25.2 Å². The lowest BCUT2D eigenvalue weighted by Crippen LogP contribution is -1.90. The minimum atomic E-state index is 0.727. The first-order chi connectivity index (χ1) is 11.2. The number of hydrogen-bond acceptors (Lipinski definition) is 1. The average Bonchev–Trinajstić information content (AvgIpc) is 2.57. The normalized spacial score (nSPS) is 10.7. The first kappa shape index (κ1) is 17.3. The maximum absolute atomic E-state index is 5.37. The molecule has 0 bridgehead atoms. The Morgan fingerprint density at radius 2 is 1.57 bits per heavy atom. The third-order valence-electron chi connectivity index (χ3n) is 4.19. The molecule has 2 rings (SSSR count).